The molecule has 34 heavy (non-hydrogen) atoms. The highest BCUT2D eigenvalue weighted by Gasteiger charge is 2.34. The molecule has 6 nitrogen and oxygen atoms in total. The quantitative estimate of drug-likeness (QED) is 0.515. The van der Waals surface area contributed by atoms with Crippen molar-refractivity contribution >= 4 is 11.6 Å². The van der Waals surface area contributed by atoms with Crippen LogP contribution in [0.2, 0.25) is 0 Å². The van der Waals surface area contributed by atoms with Crippen molar-refractivity contribution in [2.24, 2.45) is 11.7 Å². The third-order valence-corrected chi connectivity index (χ3v) is 6.33. The van der Waals surface area contributed by atoms with Crippen molar-refractivity contribution in [1.82, 2.24) is 9.97 Å². The number of nitrogens with two attached hydrogens (primary N) is 1. The van der Waals surface area contributed by atoms with Crippen LogP contribution in [0.4, 0.5) is 18.9 Å². The van der Waals surface area contributed by atoms with Gasteiger partial charge in [0.05, 0.1) is 18.0 Å². The molecule has 0 aliphatic heterocycles. The van der Waals surface area contributed by atoms with E-state index in [1.54, 1.807) is 12.3 Å². The maximum absolute atomic E-state index is 14.6. The molecule has 1 fully saturated rings. The molecule has 2 heterocycles. The van der Waals surface area contributed by atoms with Gasteiger partial charge in [-0.1, -0.05) is 19.1 Å². The first-order valence-corrected chi connectivity index (χ1v) is 11.0. The van der Waals surface area contributed by atoms with E-state index in [0.29, 0.717) is 18.5 Å². The zero-order chi connectivity index (χ0) is 24.4. The molecular formula is C25H25F3N4O2. The summed E-state index contributed by atoms with van der Waals surface area (Å²) in [4.78, 5) is 21.1. The number of hydrogen-bond donors (Lipinski definition) is 3. The Morgan fingerprint density at radius 3 is 2.74 bits per heavy atom. The lowest BCUT2D eigenvalue weighted by atomic mass is 9.74. The molecular weight excluding hydrogens is 445 g/mol. The van der Waals surface area contributed by atoms with Crippen molar-refractivity contribution in [2.45, 2.75) is 44.5 Å². The van der Waals surface area contributed by atoms with Gasteiger partial charge < -0.3 is 16.2 Å². The van der Waals surface area contributed by atoms with Gasteiger partial charge in [0.1, 0.15) is 29.7 Å². The molecule has 1 aliphatic rings. The number of halogens is 3. The fraction of sp³-hybridized carbons (Fsp3) is 0.320. The summed E-state index contributed by atoms with van der Waals surface area (Å²) in [6.07, 6.45) is 3.76. The van der Waals surface area contributed by atoms with Crippen LogP contribution in [0.1, 0.15) is 47.3 Å². The van der Waals surface area contributed by atoms with E-state index in [-0.39, 0.29) is 40.4 Å². The minimum absolute atomic E-state index is 0.000902. The monoisotopic (exact) mass is 470 g/mol. The Hall–Kier alpha value is -3.30. The predicted octanol–water partition coefficient (Wildman–Crippen LogP) is 4.35. The lowest BCUT2D eigenvalue weighted by Gasteiger charge is -2.36. The number of aliphatic hydroxyl groups excluding tert-OH is 1. The molecule has 4 N–H and O–H groups in total. The standard InChI is InChI=1S/C25H25F3N4O2/c1-13-9-15(10-19(29)24(13)33)16-7-8-30-12-21(16)32-25(34)20-6-5-18(27)23(31-20)17-4-2-3-14(11-26)22(17)28/h2-8,12-13,15,19,24,33H,9-11,29H2,1H3,(H,32,34)/t13-,15+,19+,24+/m0/s1. The van der Waals surface area contributed by atoms with Crippen LogP contribution < -0.4 is 11.1 Å². The Morgan fingerprint density at radius 1 is 1.21 bits per heavy atom. The number of anilines is 1. The number of rotatable bonds is 5. The van der Waals surface area contributed by atoms with Crippen LogP contribution in [0.25, 0.3) is 11.3 Å². The second kappa shape index (κ2) is 9.90. The van der Waals surface area contributed by atoms with Gasteiger partial charge >= 0.3 is 0 Å². The molecule has 1 amide bonds. The molecule has 0 saturated heterocycles. The number of benzene rings is 1. The molecule has 3 aromatic rings. The van der Waals surface area contributed by atoms with Gasteiger partial charge in [-0.05, 0) is 54.5 Å². The third kappa shape index (κ3) is 4.67. The summed E-state index contributed by atoms with van der Waals surface area (Å²) in [6, 6.07) is 7.55. The second-order valence-electron chi connectivity index (χ2n) is 8.66. The predicted molar refractivity (Wildman–Crippen MR) is 122 cm³/mol. The van der Waals surface area contributed by atoms with Gasteiger partial charge in [-0.2, -0.15) is 0 Å². The molecule has 1 aliphatic carbocycles. The number of aliphatic hydroxyl groups is 1. The van der Waals surface area contributed by atoms with E-state index in [9.17, 15) is 23.1 Å². The van der Waals surface area contributed by atoms with Crippen LogP contribution in [0.3, 0.4) is 0 Å². The number of amides is 1. The van der Waals surface area contributed by atoms with E-state index in [0.717, 1.165) is 11.6 Å². The number of aromatic nitrogens is 2. The second-order valence-corrected chi connectivity index (χ2v) is 8.66. The molecule has 0 radical (unpaired) electrons. The average Bonchev–Trinajstić information content (AvgIpc) is 2.83. The highest BCUT2D eigenvalue weighted by molar-refractivity contribution is 6.03. The van der Waals surface area contributed by atoms with Crippen molar-refractivity contribution < 1.29 is 23.1 Å². The molecule has 0 bridgehead atoms. The number of hydrogen-bond acceptors (Lipinski definition) is 5. The van der Waals surface area contributed by atoms with Gasteiger partial charge in [0.15, 0.2) is 0 Å². The topological polar surface area (TPSA) is 101 Å². The number of nitrogens with one attached hydrogen (secondary N) is 1. The number of nitrogens with zero attached hydrogens (tertiary/aromatic N) is 2. The van der Waals surface area contributed by atoms with Gasteiger partial charge in [0, 0.05) is 23.4 Å². The first-order valence-electron chi connectivity index (χ1n) is 11.0. The van der Waals surface area contributed by atoms with Crippen LogP contribution in [0.15, 0.2) is 48.8 Å². The van der Waals surface area contributed by atoms with Gasteiger partial charge in [-0.3, -0.25) is 9.78 Å². The molecule has 4 rings (SSSR count). The zero-order valence-corrected chi connectivity index (χ0v) is 18.5. The van der Waals surface area contributed by atoms with Crippen LogP contribution in [-0.2, 0) is 6.67 Å². The number of carbonyl (C=O) groups is 1. The molecule has 4 atom stereocenters. The summed E-state index contributed by atoms with van der Waals surface area (Å²) in [5, 5.41) is 12.9. The number of alkyl halides is 1. The molecule has 0 unspecified atom stereocenters. The van der Waals surface area contributed by atoms with Crippen molar-refractivity contribution in [3.8, 4) is 11.3 Å². The minimum Gasteiger partial charge on any atom is -0.391 e. The van der Waals surface area contributed by atoms with E-state index in [2.05, 4.69) is 15.3 Å². The summed E-state index contributed by atoms with van der Waals surface area (Å²) >= 11 is 0. The Labute approximate surface area is 195 Å². The van der Waals surface area contributed by atoms with Crippen molar-refractivity contribution in [3.05, 3.63) is 77.2 Å². The van der Waals surface area contributed by atoms with Crippen LogP contribution in [0.5, 0.6) is 0 Å². The molecule has 178 valence electrons. The highest BCUT2D eigenvalue weighted by Crippen LogP contribution is 2.38. The summed E-state index contributed by atoms with van der Waals surface area (Å²) < 4.78 is 42.1. The first-order chi connectivity index (χ1) is 16.3. The summed E-state index contributed by atoms with van der Waals surface area (Å²) in [6.45, 7) is 0.878. The van der Waals surface area contributed by atoms with Gasteiger partial charge in [0.25, 0.3) is 5.91 Å². The van der Waals surface area contributed by atoms with Crippen LogP contribution in [0, 0.1) is 17.6 Å². The number of pyridine rings is 2. The molecule has 9 heteroatoms. The van der Waals surface area contributed by atoms with Crippen molar-refractivity contribution in [1.29, 1.82) is 0 Å². The molecule has 1 aromatic carbocycles. The van der Waals surface area contributed by atoms with Gasteiger partial charge in [-0.15, -0.1) is 0 Å². The smallest absolute Gasteiger partial charge is 0.274 e. The van der Waals surface area contributed by atoms with Crippen LogP contribution >= 0.6 is 0 Å². The zero-order valence-electron chi connectivity index (χ0n) is 18.5. The van der Waals surface area contributed by atoms with Gasteiger partial charge in [0.2, 0.25) is 0 Å². The molecule has 0 spiro atoms. The lowest BCUT2D eigenvalue weighted by molar-refractivity contribution is 0.0521. The number of carbonyl (C=O) groups excluding carboxylic acids is 1. The Bertz CT molecular complexity index is 1190. The minimum atomic E-state index is -1.05. The lowest BCUT2D eigenvalue weighted by Crippen LogP contribution is -2.44. The maximum Gasteiger partial charge on any atom is 0.274 e. The van der Waals surface area contributed by atoms with E-state index in [4.69, 9.17) is 5.73 Å². The summed E-state index contributed by atoms with van der Waals surface area (Å²) in [5.74, 6) is -2.40. The van der Waals surface area contributed by atoms with E-state index >= 15 is 0 Å². The Balaban J connectivity index is 1.62. The molecule has 1 saturated carbocycles. The average molecular weight is 470 g/mol. The van der Waals surface area contributed by atoms with E-state index in [1.165, 1.54) is 30.5 Å². The Kier molecular flexibility index (Phi) is 6.95. The molecule has 2 aromatic heterocycles. The maximum atomic E-state index is 14.6. The van der Waals surface area contributed by atoms with E-state index < -0.39 is 30.3 Å². The SMILES string of the molecule is C[C@H]1C[C@@H](c2ccncc2NC(=O)c2ccc(F)c(-c3cccc(CF)c3F)n2)C[C@@H](N)[C@@H]1O. The normalized spacial score (nSPS) is 22.4. The van der Waals surface area contributed by atoms with E-state index in [1.807, 2.05) is 6.92 Å². The van der Waals surface area contributed by atoms with Gasteiger partial charge in [-0.25, -0.2) is 18.2 Å². The largest absolute Gasteiger partial charge is 0.391 e. The Morgan fingerprint density at radius 2 is 2.00 bits per heavy atom. The van der Waals surface area contributed by atoms with Crippen molar-refractivity contribution in [2.75, 3.05) is 5.32 Å². The summed E-state index contributed by atoms with van der Waals surface area (Å²) in [7, 11) is 0. The first kappa shape index (κ1) is 23.8. The van der Waals surface area contributed by atoms with Crippen LogP contribution in [-0.4, -0.2) is 33.1 Å². The van der Waals surface area contributed by atoms with Crippen molar-refractivity contribution in [3.63, 3.8) is 0 Å². The fourth-order valence-electron chi connectivity index (χ4n) is 4.50. The fourth-order valence-corrected chi connectivity index (χ4v) is 4.50. The highest BCUT2D eigenvalue weighted by atomic mass is 19.1. The summed E-state index contributed by atoms with van der Waals surface area (Å²) in [5.41, 5.74) is 6.40. The third-order valence-electron chi connectivity index (χ3n) is 6.33.